The van der Waals surface area contributed by atoms with Crippen LogP contribution in [0.4, 0.5) is 18.9 Å². The molecule has 1 fully saturated rings. The standard InChI is InChI=1S/C23H27F3N2O3/c1-16-14-20(31-22(2,3)21(29)30)9-4-17(16)15-27-10-12-28(13-11-27)19-7-5-18(6-8-19)23(24,25)26/h4-9,14H,10-13,15H2,1-3H3,(H,29,30). The lowest BCUT2D eigenvalue weighted by molar-refractivity contribution is -0.152. The van der Waals surface area contributed by atoms with E-state index in [2.05, 4.69) is 9.80 Å². The van der Waals surface area contributed by atoms with Crippen LogP contribution in [0.5, 0.6) is 5.75 Å². The van der Waals surface area contributed by atoms with E-state index >= 15 is 0 Å². The number of rotatable bonds is 6. The monoisotopic (exact) mass is 436 g/mol. The fraction of sp³-hybridized carbons (Fsp3) is 0.435. The maximum Gasteiger partial charge on any atom is 0.416 e. The fourth-order valence-electron chi connectivity index (χ4n) is 3.51. The molecule has 1 aliphatic rings. The Balaban J connectivity index is 1.57. The Morgan fingerprint density at radius 2 is 1.65 bits per heavy atom. The highest BCUT2D eigenvalue weighted by atomic mass is 19.4. The third kappa shape index (κ3) is 5.70. The third-order valence-corrected chi connectivity index (χ3v) is 5.53. The van der Waals surface area contributed by atoms with Gasteiger partial charge in [0, 0.05) is 38.4 Å². The normalized spacial score (nSPS) is 15.7. The van der Waals surface area contributed by atoms with Gasteiger partial charge in [0.1, 0.15) is 5.75 Å². The minimum atomic E-state index is -4.32. The molecule has 2 aromatic carbocycles. The molecule has 1 saturated heterocycles. The molecule has 0 unspecified atom stereocenters. The highest BCUT2D eigenvalue weighted by Gasteiger charge is 2.31. The average Bonchev–Trinajstić information content (AvgIpc) is 2.70. The number of hydrogen-bond donors (Lipinski definition) is 1. The zero-order chi connectivity index (χ0) is 22.8. The van der Waals surface area contributed by atoms with Gasteiger partial charge < -0.3 is 14.7 Å². The van der Waals surface area contributed by atoms with Gasteiger partial charge in [0.15, 0.2) is 5.60 Å². The minimum Gasteiger partial charge on any atom is -0.478 e. The van der Waals surface area contributed by atoms with E-state index in [0.29, 0.717) is 5.75 Å². The van der Waals surface area contributed by atoms with Crippen molar-refractivity contribution in [2.75, 3.05) is 31.1 Å². The van der Waals surface area contributed by atoms with Gasteiger partial charge in [-0.05, 0) is 68.3 Å². The van der Waals surface area contributed by atoms with Crippen molar-refractivity contribution >= 4 is 11.7 Å². The average molecular weight is 436 g/mol. The molecule has 1 N–H and O–H groups in total. The first kappa shape index (κ1) is 22.9. The molecule has 1 heterocycles. The molecule has 0 aliphatic carbocycles. The van der Waals surface area contributed by atoms with Gasteiger partial charge in [-0.2, -0.15) is 13.2 Å². The van der Waals surface area contributed by atoms with Gasteiger partial charge in [-0.1, -0.05) is 6.07 Å². The van der Waals surface area contributed by atoms with Crippen LogP contribution in [0, 0.1) is 6.92 Å². The summed E-state index contributed by atoms with van der Waals surface area (Å²) in [5, 5.41) is 9.21. The number of nitrogens with zero attached hydrogens (tertiary/aromatic N) is 2. The number of piperazine rings is 1. The molecule has 0 saturated carbocycles. The van der Waals surface area contributed by atoms with Crippen molar-refractivity contribution in [1.82, 2.24) is 4.90 Å². The molecule has 0 atom stereocenters. The first-order valence-electron chi connectivity index (χ1n) is 10.1. The Morgan fingerprint density at radius 1 is 1.03 bits per heavy atom. The second-order valence-electron chi connectivity index (χ2n) is 8.31. The third-order valence-electron chi connectivity index (χ3n) is 5.53. The zero-order valence-electron chi connectivity index (χ0n) is 17.9. The number of halogens is 3. The highest BCUT2D eigenvalue weighted by molar-refractivity contribution is 5.76. The number of ether oxygens (including phenoxy) is 1. The molecule has 0 radical (unpaired) electrons. The van der Waals surface area contributed by atoms with Crippen LogP contribution in [-0.4, -0.2) is 47.8 Å². The molecule has 1 aliphatic heterocycles. The van der Waals surface area contributed by atoms with E-state index in [9.17, 15) is 23.1 Å². The summed E-state index contributed by atoms with van der Waals surface area (Å²) in [5.74, 6) is -0.513. The fourth-order valence-corrected chi connectivity index (χ4v) is 3.51. The number of carbonyl (C=O) groups is 1. The van der Waals surface area contributed by atoms with E-state index < -0.39 is 23.3 Å². The summed E-state index contributed by atoms with van der Waals surface area (Å²) in [6, 6.07) is 10.9. The van der Waals surface area contributed by atoms with Gasteiger partial charge in [0.25, 0.3) is 0 Å². The molecule has 0 bridgehead atoms. The van der Waals surface area contributed by atoms with E-state index in [0.717, 1.165) is 61.7 Å². The quantitative estimate of drug-likeness (QED) is 0.719. The molecule has 5 nitrogen and oxygen atoms in total. The van der Waals surface area contributed by atoms with Gasteiger partial charge >= 0.3 is 12.1 Å². The Labute approximate surface area is 180 Å². The number of hydrogen-bond acceptors (Lipinski definition) is 4. The summed E-state index contributed by atoms with van der Waals surface area (Å²) >= 11 is 0. The number of alkyl halides is 3. The lowest BCUT2D eigenvalue weighted by Crippen LogP contribution is -2.46. The molecule has 0 amide bonds. The van der Waals surface area contributed by atoms with Gasteiger partial charge in [-0.15, -0.1) is 0 Å². The van der Waals surface area contributed by atoms with E-state index in [-0.39, 0.29) is 0 Å². The topological polar surface area (TPSA) is 53.0 Å². The minimum absolute atomic E-state index is 0.515. The SMILES string of the molecule is Cc1cc(OC(C)(C)C(=O)O)ccc1CN1CCN(c2ccc(C(F)(F)F)cc2)CC1. The smallest absolute Gasteiger partial charge is 0.416 e. The summed E-state index contributed by atoms with van der Waals surface area (Å²) < 4.78 is 43.8. The summed E-state index contributed by atoms with van der Waals surface area (Å²) in [6.45, 7) is 8.79. The predicted octanol–water partition coefficient (Wildman–Crippen LogP) is 4.58. The van der Waals surface area contributed by atoms with Gasteiger partial charge in [-0.3, -0.25) is 4.90 Å². The van der Waals surface area contributed by atoms with Crippen LogP contribution in [0.2, 0.25) is 0 Å². The van der Waals surface area contributed by atoms with Crippen LogP contribution in [0.25, 0.3) is 0 Å². The van der Waals surface area contributed by atoms with Crippen molar-refractivity contribution in [3.05, 3.63) is 59.2 Å². The Hall–Kier alpha value is -2.74. The van der Waals surface area contributed by atoms with E-state index in [4.69, 9.17) is 4.74 Å². The Kier molecular flexibility index (Phi) is 6.50. The number of benzene rings is 2. The summed E-state index contributed by atoms with van der Waals surface area (Å²) in [7, 11) is 0. The second kappa shape index (κ2) is 8.78. The number of carboxylic acids is 1. The van der Waals surface area contributed by atoms with Gasteiger partial charge in [0.05, 0.1) is 5.56 Å². The molecule has 0 aromatic heterocycles. The summed E-state index contributed by atoms with van der Waals surface area (Å²) in [6.07, 6.45) is -4.32. The van der Waals surface area contributed by atoms with Crippen molar-refractivity contribution in [2.45, 2.75) is 39.1 Å². The van der Waals surface area contributed by atoms with Gasteiger partial charge in [-0.25, -0.2) is 4.79 Å². The second-order valence-corrected chi connectivity index (χ2v) is 8.31. The van der Waals surface area contributed by atoms with Crippen molar-refractivity contribution in [3.63, 3.8) is 0 Å². The summed E-state index contributed by atoms with van der Waals surface area (Å²) in [4.78, 5) is 15.6. The van der Waals surface area contributed by atoms with Crippen molar-refractivity contribution in [2.24, 2.45) is 0 Å². The van der Waals surface area contributed by atoms with Crippen LogP contribution in [0.15, 0.2) is 42.5 Å². The molecular formula is C23H27F3N2O3. The predicted molar refractivity (Wildman–Crippen MR) is 112 cm³/mol. The number of anilines is 1. The van der Waals surface area contributed by atoms with Crippen LogP contribution >= 0.6 is 0 Å². The highest BCUT2D eigenvalue weighted by Crippen LogP contribution is 2.31. The van der Waals surface area contributed by atoms with Crippen LogP contribution in [0.1, 0.15) is 30.5 Å². The first-order valence-corrected chi connectivity index (χ1v) is 10.1. The molecule has 3 rings (SSSR count). The lowest BCUT2D eigenvalue weighted by Gasteiger charge is -2.36. The molecule has 2 aromatic rings. The summed E-state index contributed by atoms with van der Waals surface area (Å²) in [5.41, 5.74) is 1.01. The van der Waals surface area contributed by atoms with Gasteiger partial charge in [0.2, 0.25) is 0 Å². The van der Waals surface area contributed by atoms with E-state index in [1.165, 1.54) is 26.0 Å². The van der Waals surface area contributed by atoms with E-state index in [1.54, 1.807) is 6.07 Å². The van der Waals surface area contributed by atoms with Crippen LogP contribution < -0.4 is 9.64 Å². The number of aryl methyl sites for hydroxylation is 1. The molecular weight excluding hydrogens is 409 g/mol. The lowest BCUT2D eigenvalue weighted by atomic mass is 10.1. The van der Waals surface area contributed by atoms with Crippen molar-refractivity contribution in [1.29, 1.82) is 0 Å². The zero-order valence-corrected chi connectivity index (χ0v) is 17.9. The van der Waals surface area contributed by atoms with Crippen LogP contribution in [-0.2, 0) is 17.5 Å². The maximum atomic E-state index is 12.7. The maximum absolute atomic E-state index is 12.7. The number of carboxylic acid groups (broad SMARTS) is 1. The molecule has 8 heteroatoms. The van der Waals surface area contributed by atoms with E-state index in [1.807, 2.05) is 19.1 Å². The number of aliphatic carboxylic acids is 1. The molecule has 168 valence electrons. The Bertz CT molecular complexity index is 919. The Morgan fingerprint density at radius 3 is 2.16 bits per heavy atom. The molecule has 31 heavy (non-hydrogen) atoms. The first-order chi connectivity index (χ1) is 14.5. The van der Waals surface area contributed by atoms with Crippen molar-refractivity contribution in [3.8, 4) is 5.75 Å². The van der Waals surface area contributed by atoms with Crippen LogP contribution in [0.3, 0.4) is 0 Å². The molecule has 0 spiro atoms. The van der Waals surface area contributed by atoms with Crippen molar-refractivity contribution < 1.29 is 27.8 Å². The largest absolute Gasteiger partial charge is 0.478 e.